The molecule has 2 aromatic heterocycles. The molecule has 32 heavy (non-hydrogen) atoms. The van der Waals surface area contributed by atoms with Crippen molar-refractivity contribution in [3.8, 4) is 22.4 Å². The number of hydrogen-bond acceptors (Lipinski definition) is 4. The summed E-state index contributed by atoms with van der Waals surface area (Å²) in [5, 5.41) is 4.88. The van der Waals surface area contributed by atoms with Crippen molar-refractivity contribution in [2.24, 2.45) is 5.92 Å². The molecule has 1 aliphatic rings. The first-order valence-electron chi connectivity index (χ1n) is 11.0. The molecule has 0 N–H and O–H groups in total. The maximum absolute atomic E-state index is 13.6. The predicted molar refractivity (Wildman–Crippen MR) is 122 cm³/mol. The third-order valence-corrected chi connectivity index (χ3v) is 7.46. The zero-order chi connectivity index (χ0) is 22.3. The van der Waals surface area contributed by atoms with Gasteiger partial charge in [0, 0.05) is 11.8 Å². The van der Waals surface area contributed by atoms with E-state index in [2.05, 4.69) is 0 Å². The van der Waals surface area contributed by atoms with E-state index in [9.17, 15) is 12.8 Å². The number of aromatic nitrogens is 2. The molecule has 0 spiro atoms. The zero-order valence-corrected chi connectivity index (χ0v) is 18.7. The Labute approximate surface area is 186 Å². The number of halogens is 1. The smallest absolute Gasteiger partial charge is 0.230 e. The number of oxazole rings is 1. The van der Waals surface area contributed by atoms with Gasteiger partial charge in [-0.3, -0.25) is 0 Å². The highest BCUT2D eigenvalue weighted by molar-refractivity contribution is 7.90. The Balaban J connectivity index is 1.63. The largest absolute Gasteiger partial charge is 0.444 e. The van der Waals surface area contributed by atoms with Crippen LogP contribution < -0.4 is 0 Å². The van der Waals surface area contributed by atoms with Gasteiger partial charge in [0.25, 0.3) is 0 Å². The molecule has 1 saturated carbocycles. The molecule has 0 atom stereocenters. The molecule has 0 aliphatic heterocycles. The average molecular weight is 453 g/mol. The second-order valence-corrected chi connectivity index (χ2v) is 10.7. The number of hydrogen-bond donors (Lipinski definition) is 0. The van der Waals surface area contributed by atoms with Gasteiger partial charge in [0.15, 0.2) is 9.84 Å². The van der Waals surface area contributed by atoms with Crippen LogP contribution in [0.1, 0.15) is 37.8 Å². The lowest BCUT2D eigenvalue weighted by atomic mass is 9.86. The number of rotatable bonds is 5. The van der Waals surface area contributed by atoms with Gasteiger partial charge in [0.2, 0.25) is 5.71 Å². The first-order chi connectivity index (χ1) is 15.4. The van der Waals surface area contributed by atoms with E-state index in [1.165, 1.54) is 50.5 Å². The summed E-state index contributed by atoms with van der Waals surface area (Å²) in [5.74, 6) is 0.314. The van der Waals surface area contributed by atoms with Crippen LogP contribution in [0, 0.1) is 11.7 Å². The van der Waals surface area contributed by atoms with Gasteiger partial charge in [0.05, 0.1) is 16.2 Å². The summed E-state index contributed by atoms with van der Waals surface area (Å²) in [7, 11) is -3.29. The molecule has 5 rings (SSSR count). The van der Waals surface area contributed by atoms with E-state index in [0.717, 1.165) is 28.8 Å². The van der Waals surface area contributed by atoms with Gasteiger partial charge in [-0.25, -0.2) is 17.3 Å². The highest BCUT2D eigenvalue weighted by Gasteiger charge is 2.24. The molecular formula is C25H25FN2O3S. The molecular weight excluding hydrogens is 427 g/mol. The van der Waals surface area contributed by atoms with Crippen LogP contribution in [0.25, 0.3) is 28.1 Å². The van der Waals surface area contributed by atoms with Crippen LogP contribution in [0.4, 0.5) is 4.39 Å². The Bertz CT molecular complexity index is 1350. The van der Waals surface area contributed by atoms with Crippen LogP contribution in [0.5, 0.6) is 0 Å². The van der Waals surface area contributed by atoms with E-state index in [-0.39, 0.29) is 10.7 Å². The molecule has 166 valence electrons. The lowest BCUT2D eigenvalue weighted by Crippen LogP contribution is -2.10. The maximum atomic E-state index is 13.6. The maximum Gasteiger partial charge on any atom is 0.230 e. The lowest BCUT2D eigenvalue weighted by Gasteiger charge is -2.20. The third kappa shape index (κ3) is 3.97. The summed E-state index contributed by atoms with van der Waals surface area (Å²) in [5.41, 5.74) is 4.66. The van der Waals surface area contributed by atoms with Gasteiger partial charge in [0.1, 0.15) is 17.8 Å². The average Bonchev–Trinajstić information content (AvgIpc) is 3.35. The molecule has 1 fully saturated rings. The molecule has 7 heteroatoms. The minimum atomic E-state index is -3.29. The highest BCUT2D eigenvalue weighted by Crippen LogP contribution is 2.37. The van der Waals surface area contributed by atoms with Gasteiger partial charge < -0.3 is 4.42 Å². The molecule has 0 amide bonds. The first-order valence-corrected chi connectivity index (χ1v) is 12.8. The van der Waals surface area contributed by atoms with Crippen LogP contribution in [-0.4, -0.2) is 24.3 Å². The van der Waals surface area contributed by atoms with Gasteiger partial charge >= 0.3 is 0 Å². The van der Waals surface area contributed by atoms with Crippen LogP contribution in [0.2, 0.25) is 0 Å². The van der Waals surface area contributed by atoms with Crippen molar-refractivity contribution in [2.75, 3.05) is 6.26 Å². The van der Waals surface area contributed by atoms with E-state index in [0.29, 0.717) is 17.3 Å². The van der Waals surface area contributed by atoms with Crippen molar-refractivity contribution in [2.45, 2.75) is 43.4 Å². The van der Waals surface area contributed by atoms with E-state index in [1.54, 1.807) is 42.7 Å². The highest BCUT2D eigenvalue weighted by atomic mass is 32.2. The Hall–Kier alpha value is -2.93. The molecule has 5 nitrogen and oxygen atoms in total. The zero-order valence-electron chi connectivity index (χ0n) is 17.9. The van der Waals surface area contributed by atoms with Crippen LogP contribution in [0.3, 0.4) is 0 Å². The van der Waals surface area contributed by atoms with Gasteiger partial charge in [-0.15, -0.1) is 0 Å². The van der Waals surface area contributed by atoms with Crippen molar-refractivity contribution < 1.29 is 17.2 Å². The first kappa shape index (κ1) is 20.9. The SMILES string of the molecule is CS(=O)(=O)c1ccc(-c2nn3c(CC4CCCCC4)coc3c2-c2ccc(F)cc2)cc1. The Morgan fingerprint density at radius 1 is 1.00 bits per heavy atom. The normalized spacial score (nSPS) is 15.4. The van der Waals surface area contributed by atoms with E-state index < -0.39 is 9.84 Å². The molecule has 4 aromatic rings. The minimum Gasteiger partial charge on any atom is -0.444 e. The molecule has 0 radical (unpaired) electrons. The fourth-order valence-corrected chi connectivity index (χ4v) is 5.27. The van der Waals surface area contributed by atoms with Crippen molar-refractivity contribution >= 4 is 15.6 Å². The van der Waals surface area contributed by atoms with E-state index in [1.807, 2.05) is 4.52 Å². The van der Waals surface area contributed by atoms with Gasteiger partial charge in [-0.05, 0) is 42.2 Å². The number of sulfone groups is 1. The van der Waals surface area contributed by atoms with Crippen molar-refractivity contribution in [3.63, 3.8) is 0 Å². The molecule has 0 saturated heterocycles. The van der Waals surface area contributed by atoms with Crippen molar-refractivity contribution in [3.05, 3.63) is 66.3 Å². The van der Waals surface area contributed by atoms with Crippen LogP contribution in [-0.2, 0) is 16.3 Å². The number of fused-ring (bicyclic) bond motifs is 1. The summed E-state index contributed by atoms with van der Waals surface area (Å²) in [6.07, 6.45) is 10.2. The van der Waals surface area contributed by atoms with E-state index in [4.69, 9.17) is 9.52 Å². The topological polar surface area (TPSA) is 64.6 Å². The molecule has 1 aliphatic carbocycles. The number of nitrogens with zero attached hydrogens (tertiary/aromatic N) is 2. The van der Waals surface area contributed by atoms with Crippen molar-refractivity contribution in [1.82, 2.24) is 9.61 Å². The third-order valence-electron chi connectivity index (χ3n) is 6.33. The quantitative estimate of drug-likeness (QED) is 0.377. The Morgan fingerprint density at radius 3 is 2.31 bits per heavy atom. The molecule has 0 unspecified atom stereocenters. The lowest BCUT2D eigenvalue weighted by molar-refractivity contribution is 0.352. The summed E-state index contributed by atoms with van der Waals surface area (Å²) < 4.78 is 45.2. The standard InChI is InChI=1S/C25H25FN2O3S/c1-32(29,30)22-13-9-19(10-14-22)24-23(18-7-11-20(26)12-8-18)25-28(27-24)21(16-31-25)15-17-5-3-2-4-6-17/h7-14,16-17H,2-6,15H2,1H3. The summed E-state index contributed by atoms with van der Waals surface area (Å²) in [6, 6.07) is 12.9. The Kier molecular flexibility index (Phi) is 5.37. The van der Waals surface area contributed by atoms with Gasteiger partial charge in [-0.2, -0.15) is 5.10 Å². The fraction of sp³-hybridized carbons (Fsp3) is 0.320. The fourth-order valence-electron chi connectivity index (χ4n) is 4.64. The molecule has 0 bridgehead atoms. The monoisotopic (exact) mass is 452 g/mol. The molecule has 2 heterocycles. The predicted octanol–water partition coefficient (Wildman–Crippen LogP) is 5.93. The van der Waals surface area contributed by atoms with E-state index >= 15 is 0 Å². The summed E-state index contributed by atoms with van der Waals surface area (Å²) >= 11 is 0. The Morgan fingerprint density at radius 2 is 1.66 bits per heavy atom. The van der Waals surface area contributed by atoms with Crippen molar-refractivity contribution in [1.29, 1.82) is 0 Å². The summed E-state index contributed by atoms with van der Waals surface area (Å²) in [4.78, 5) is 0.255. The summed E-state index contributed by atoms with van der Waals surface area (Å²) in [6.45, 7) is 0. The second kappa shape index (κ2) is 8.20. The van der Waals surface area contributed by atoms with Gasteiger partial charge in [-0.1, -0.05) is 56.4 Å². The van der Waals surface area contributed by atoms with Crippen LogP contribution in [0.15, 0.2) is 64.1 Å². The molecule has 2 aromatic carbocycles. The number of benzene rings is 2. The van der Waals surface area contributed by atoms with Crippen LogP contribution >= 0.6 is 0 Å². The minimum absolute atomic E-state index is 0.255. The second-order valence-electron chi connectivity index (χ2n) is 8.68.